The van der Waals surface area contributed by atoms with Gasteiger partial charge in [-0.1, -0.05) is 35.3 Å². The fourth-order valence-electron chi connectivity index (χ4n) is 1.79. The van der Waals surface area contributed by atoms with Crippen molar-refractivity contribution in [2.75, 3.05) is 7.11 Å². The Morgan fingerprint density at radius 3 is 2.70 bits per heavy atom. The molecular weight excluding hydrogens is 302 g/mol. The van der Waals surface area contributed by atoms with Gasteiger partial charge in [-0.3, -0.25) is 4.79 Å². The van der Waals surface area contributed by atoms with Gasteiger partial charge in [0.1, 0.15) is 0 Å². The molecule has 0 heterocycles. The Morgan fingerprint density at radius 1 is 1.25 bits per heavy atom. The summed E-state index contributed by atoms with van der Waals surface area (Å²) in [6.45, 7) is 0. The van der Waals surface area contributed by atoms with Crippen molar-refractivity contribution >= 4 is 29.0 Å². The van der Waals surface area contributed by atoms with Gasteiger partial charge in [0, 0.05) is 12.0 Å². The molecule has 0 radical (unpaired) electrons. The van der Waals surface area contributed by atoms with E-state index in [2.05, 4.69) is 0 Å². The van der Waals surface area contributed by atoms with Crippen LogP contribution >= 0.6 is 23.2 Å². The second-order valence-electron chi connectivity index (χ2n) is 4.16. The summed E-state index contributed by atoms with van der Waals surface area (Å²) in [6.07, 6.45) is 0.0914. The summed E-state index contributed by atoms with van der Waals surface area (Å²) in [4.78, 5) is 12.2. The lowest BCUT2D eigenvalue weighted by Gasteiger charge is -2.07. The molecule has 0 saturated carbocycles. The molecule has 20 heavy (non-hydrogen) atoms. The van der Waals surface area contributed by atoms with E-state index >= 15 is 0 Å². The lowest BCUT2D eigenvalue weighted by Crippen LogP contribution is -2.05. The molecule has 0 aliphatic carbocycles. The summed E-state index contributed by atoms with van der Waals surface area (Å²) >= 11 is 11.9. The average molecular weight is 313 g/mol. The van der Waals surface area contributed by atoms with Gasteiger partial charge >= 0.3 is 0 Å². The predicted molar refractivity (Wildman–Crippen MR) is 77.4 cm³/mol. The molecule has 0 aliphatic rings. The first-order valence-electron chi connectivity index (χ1n) is 5.82. The van der Waals surface area contributed by atoms with Gasteiger partial charge in [-0.2, -0.15) is 0 Å². The van der Waals surface area contributed by atoms with Crippen LogP contribution in [0.4, 0.5) is 4.39 Å². The third-order valence-electron chi connectivity index (χ3n) is 2.86. The molecule has 0 spiro atoms. The number of Topliss-reactive ketones (excluding diaryl/α,β-unsaturated/α-hetero) is 1. The molecule has 0 amide bonds. The van der Waals surface area contributed by atoms with Crippen LogP contribution in [0.2, 0.25) is 10.0 Å². The molecule has 0 aromatic heterocycles. The Balaban J connectivity index is 2.26. The highest BCUT2D eigenvalue weighted by Crippen LogP contribution is 2.27. The largest absolute Gasteiger partial charge is 0.494 e. The minimum absolute atomic E-state index is 0.0352. The number of ether oxygens (including phenoxy) is 1. The zero-order valence-electron chi connectivity index (χ0n) is 10.6. The van der Waals surface area contributed by atoms with E-state index in [-0.39, 0.29) is 18.0 Å². The highest BCUT2D eigenvalue weighted by molar-refractivity contribution is 6.42. The van der Waals surface area contributed by atoms with Gasteiger partial charge in [-0.05, 0) is 29.8 Å². The van der Waals surface area contributed by atoms with Crippen molar-refractivity contribution in [2.45, 2.75) is 6.42 Å². The summed E-state index contributed by atoms with van der Waals surface area (Å²) in [6, 6.07) is 9.09. The fourth-order valence-corrected chi connectivity index (χ4v) is 2.18. The van der Waals surface area contributed by atoms with E-state index in [1.54, 1.807) is 18.2 Å². The van der Waals surface area contributed by atoms with E-state index in [4.69, 9.17) is 27.9 Å². The quantitative estimate of drug-likeness (QED) is 0.773. The Labute approximate surface area is 126 Å². The molecule has 0 aliphatic heterocycles. The molecular formula is C15H11Cl2FO2. The van der Waals surface area contributed by atoms with E-state index < -0.39 is 5.82 Å². The van der Waals surface area contributed by atoms with Gasteiger partial charge in [-0.25, -0.2) is 4.39 Å². The summed E-state index contributed by atoms with van der Waals surface area (Å²) in [7, 11) is 1.35. The number of rotatable bonds is 4. The summed E-state index contributed by atoms with van der Waals surface area (Å²) < 4.78 is 18.2. The van der Waals surface area contributed by atoms with Crippen LogP contribution in [-0.2, 0) is 6.42 Å². The fraction of sp³-hybridized carbons (Fsp3) is 0.133. The third-order valence-corrected chi connectivity index (χ3v) is 3.71. The molecule has 5 heteroatoms. The van der Waals surface area contributed by atoms with E-state index in [0.29, 0.717) is 21.2 Å². The number of methoxy groups -OCH3 is 1. The molecule has 2 aromatic rings. The Hall–Kier alpha value is -1.58. The number of ketones is 1. The second-order valence-corrected chi connectivity index (χ2v) is 4.95. The van der Waals surface area contributed by atoms with Crippen LogP contribution in [0.1, 0.15) is 15.9 Å². The average Bonchev–Trinajstić information content (AvgIpc) is 2.44. The van der Waals surface area contributed by atoms with Gasteiger partial charge < -0.3 is 4.74 Å². The van der Waals surface area contributed by atoms with E-state index in [0.717, 1.165) is 0 Å². The van der Waals surface area contributed by atoms with Crippen LogP contribution in [0.15, 0.2) is 36.4 Å². The zero-order chi connectivity index (χ0) is 14.7. The molecule has 2 nitrogen and oxygen atoms in total. The Kier molecular flexibility index (Phi) is 4.63. The molecule has 104 valence electrons. The first-order valence-corrected chi connectivity index (χ1v) is 6.58. The first kappa shape index (κ1) is 14.8. The van der Waals surface area contributed by atoms with Crippen molar-refractivity contribution in [1.82, 2.24) is 0 Å². The molecule has 0 atom stereocenters. The molecule has 2 rings (SSSR count). The minimum atomic E-state index is -0.509. The van der Waals surface area contributed by atoms with Crippen LogP contribution in [-0.4, -0.2) is 12.9 Å². The number of hydrogen-bond donors (Lipinski definition) is 0. The zero-order valence-corrected chi connectivity index (χ0v) is 12.1. The van der Waals surface area contributed by atoms with Gasteiger partial charge in [0.15, 0.2) is 17.3 Å². The first-order chi connectivity index (χ1) is 9.52. The Morgan fingerprint density at radius 2 is 2.00 bits per heavy atom. The maximum Gasteiger partial charge on any atom is 0.167 e. The highest BCUT2D eigenvalue weighted by Gasteiger charge is 2.13. The van der Waals surface area contributed by atoms with E-state index in [1.807, 2.05) is 0 Å². The maximum absolute atomic E-state index is 13.3. The predicted octanol–water partition coefficient (Wildman–Crippen LogP) is 4.57. The van der Waals surface area contributed by atoms with E-state index in [1.165, 1.54) is 25.3 Å². The van der Waals surface area contributed by atoms with Crippen LogP contribution in [0.25, 0.3) is 0 Å². The summed E-state index contributed by atoms with van der Waals surface area (Å²) in [5, 5.41) is 0.755. The normalized spacial score (nSPS) is 10.4. The Bertz CT molecular complexity index is 656. The van der Waals surface area contributed by atoms with E-state index in [9.17, 15) is 9.18 Å². The van der Waals surface area contributed by atoms with Crippen molar-refractivity contribution in [3.05, 3.63) is 63.4 Å². The number of halogens is 3. The van der Waals surface area contributed by atoms with Crippen molar-refractivity contribution in [2.24, 2.45) is 0 Å². The molecule has 0 saturated heterocycles. The summed E-state index contributed by atoms with van der Waals surface area (Å²) in [5.74, 6) is -0.662. The maximum atomic E-state index is 13.3. The van der Waals surface area contributed by atoms with Gasteiger partial charge in [0.05, 0.1) is 17.2 Å². The molecule has 0 unspecified atom stereocenters. The van der Waals surface area contributed by atoms with Crippen molar-refractivity contribution in [1.29, 1.82) is 0 Å². The molecule has 0 fully saturated rings. The second kappa shape index (κ2) is 6.25. The van der Waals surface area contributed by atoms with Crippen LogP contribution in [0, 0.1) is 5.82 Å². The minimum Gasteiger partial charge on any atom is -0.494 e. The van der Waals surface area contributed by atoms with Crippen molar-refractivity contribution in [3.8, 4) is 5.75 Å². The number of carbonyl (C=O) groups is 1. The molecule has 2 aromatic carbocycles. The smallest absolute Gasteiger partial charge is 0.167 e. The van der Waals surface area contributed by atoms with Gasteiger partial charge in [0.2, 0.25) is 0 Å². The topological polar surface area (TPSA) is 26.3 Å². The summed E-state index contributed by atoms with van der Waals surface area (Å²) in [5.41, 5.74) is 0.992. The third kappa shape index (κ3) is 3.11. The van der Waals surface area contributed by atoms with Crippen LogP contribution in [0.3, 0.4) is 0 Å². The highest BCUT2D eigenvalue weighted by atomic mass is 35.5. The molecule has 0 N–H and O–H groups in total. The molecule has 0 bridgehead atoms. The lowest BCUT2D eigenvalue weighted by atomic mass is 10.0. The standard InChI is InChI=1S/C15H11Cl2FO2/c1-20-14-8-9(5-6-12(14)18)13(19)7-10-3-2-4-11(16)15(10)17/h2-6,8H,7H2,1H3. The number of benzene rings is 2. The van der Waals surface area contributed by atoms with Crippen LogP contribution in [0.5, 0.6) is 5.75 Å². The van der Waals surface area contributed by atoms with Crippen molar-refractivity contribution < 1.29 is 13.9 Å². The van der Waals surface area contributed by atoms with Gasteiger partial charge in [-0.15, -0.1) is 0 Å². The number of hydrogen-bond acceptors (Lipinski definition) is 2. The lowest BCUT2D eigenvalue weighted by molar-refractivity contribution is 0.0992. The van der Waals surface area contributed by atoms with Gasteiger partial charge in [0.25, 0.3) is 0 Å². The monoisotopic (exact) mass is 312 g/mol. The SMILES string of the molecule is COc1cc(C(=O)Cc2cccc(Cl)c2Cl)ccc1F. The van der Waals surface area contributed by atoms with Crippen LogP contribution < -0.4 is 4.74 Å². The van der Waals surface area contributed by atoms with Crippen molar-refractivity contribution in [3.63, 3.8) is 0 Å². The number of carbonyl (C=O) groups excluding carboxylic acids is 1.